The molecule has 0 aromatic heterocycles. The standard InChI is InChI=1S/C81H159NO5/c1-3-5-7-9-11-13-15-17-18-19-20-21-35-38-41-44-47-50-53-57-61-65-69-73-79(84)78(77-83)82-80(85)74-70-66-62-58-54-51-48-45-42-39-36-33-31-29-27-25-23-22-24-26-28-30-32-34-37-40-43-46-49-52-56-60-64-68-72-76-87-81(86)75-71-67-63-59-55-16-14-12-10-8-6-4-2/h69,73,78-79,83-84H,3-68,70-72,74-77H2,1-2H3,(H,82,85)/b73-69+. The second kappa shape index (κ2) is 77.1. The highest BCUT2D eigenvalue weighted by molar-refractivity contribution is 5.76. The number of esters is 1. The van der Waals surface area contributed by atoms with E-state index in [2.05, 4.69) is 19.2 Å². The first-order chi connectivity index (χ1) is 43.0. The fourth-order valence-electron chi connectivity index (χ4n) is 13.2. The third kappa shape index (κ3) is 73.5. The van der Waals surface area contributed by atoms with Crippen LogP contribution >= 0.6 is 0 Å². The first-order valence-corrected chi connectivity index (χ1v) is 40.5. The van der Waals surface area contributed by atoms with Crippen molar-refractivity contribution in [1.82, 2.24) is 5.32 Å². The van der Waals surface area contributed by atoms with Gasteiger partial charge in [0, 0.05) is 12.8 Å². The third-order valence-corrected chi connectivity index (χ3v) is 19.3. The minimum atomic E-state index is -0.841. The molecule has 0 fully saturated rings. The van der Waals surface area contributed by atoms with Crippen molar-refractivity contribution in [2.45, 2.75) is 482 Å². The van der Waals surface area contributed by atoms with E-state index in [1.807, 2.05) is 6.08 Å². The Morgan fingerprint density at radius 3 is 0.782 bits per heavy atom. The Kier molecular flexibility index (Phi) is 75.8. The summed E-state index contributed by atoms with van der Waals surface area (Å²) in [5.41, 5.74) is 0. The lowest BCUT2D eigenvalue weighted by atomic mass is 10.0. The van der Waals surface area contributed by atoms with Gasteiger partial charge in [-0.2, -0.15) is 0 Å². The zero-order valence-electron chi connectivity index (χ0n) is 59.5. The number of rotatable bonds is 77. The fraction of sp³-hybridized carbons (Fsp3) is 0.951. The summed E-state index contributed by atoms with van der Waals surface area (Å²) in [7, 11) is 0. The topological polar surface area (TPSA) is 95.9 Å². The van der Waals surface area contributed by atoms with E-state index in [1.54, 1.807) is 6.08 Å². The molecular weight excluding hydrogens is 1070 g/mol. The number of ether oxygens (including phenoxy) is 1. The smallest absolute Gasteiger partial charge is 0.305 e. The van der Waals surface area contributed by atoms with Gasteiger partial charge in [-0.15, -0.1) is 0 Å². The van der Waals surface area contributed by atoms with Crippen molar-refractivity contribution >= 4 is 11.9 Å². The van der Waals surface area contributed by atoms with E-state index in [0.717, 1.165) is 38.5 Å². The van der Waals surface area contributed by atoms with Gasteiger partial charge in [-0.1, -0.05) is 437 Å². The number of nitrogens with one attached hydrogen (secondary N) is 1. The predicted molar refractivity (Wildman–Crippen MR) is 384 cm³/mol. The van der Waals surface area contributed by atoms with Crippen LogP contribution in [0.2, 0.25) is 0 Å². The molecule has 6 nitrogen and oxygen atoms in total. The molecule has 87 heavy (non-hydrogen) atoms. The Balaban J connectivity index is 3.33. The van der Waals surface area contributed by atoms with E-state index in [-0.39, 0.29) is 18.5 Å². The summed E-state index contributed by atoms with van der Waals surface area (Å²) in [6, 6.07) is -0.624. The summed E-state index contributed by atoms with van der Waals surface area (Å²) in [6.45, 7) is 4.96. The quantitative estimate of drug-likeness (QED) is 0.0320. The number of carbonyl (C=O) groups is 2. The normalized spacial score (nSPS) is 12.5. The van der Waals surface area contributed by atoms with Crippen LogP contribution in [0.3, 0.4) is 0 Å². The number of hydrogen-bond acceptors (Lipinski definition) is 5. The lowest BCUT2D eigenvalue weighted by Gasteiger charge is -2.20. The molecule has 3 N–H and O–H groups in total. The van der Waals surface area contributed by atoms with Crippen LogP contribution in [-0.4, -0.2) is 47.4 Å². The molecule has 6 heteroatoms. The minimum absolute atomic E-state index is 0.0242. The first-order valence-electron chi connectivity index (χ1n) is 40.5. The molecule has 0 bridgehead atoms. The maximum absolute atomic E-state index is 12.6. The molecule has 518 valence electrons. The lowest BCUT2D eigenvalue weighted by Crippen LogP contribution is -2.45. The van der Waals surface area contributed by atoms with Crippen molar-refractivity contribution < 1.29 is 24.5 Å². The number of amides is 1. The Labute approximate surface area is 546 Å². The molecule has 2 atom stereocenters. The van der Waals surface area contributed by atoms with Gasteiger partial charge in [0.2, 0.25) is 5.91 Å². The molecule has 0 saturated carbocycles. The van der Waals surface area contributed by atoms with Gasteiger partial charge < -0.3 is 20.3 Å². The molecule has 2 unspecified atom stereocenters. The van der Waals surface area contributed by atoms with Crippen LogP contribution in [0, 0.1) is 0 Å². The van der Waals surface area contributed by atoms with Crippen LogP contribution in [0.25, 0.3) is 0 Å². The highest BCUT2D eigenvalue weighted by atomic mass is 16.5. The van der Waals surface area contributed by atoms with Gasteiger partial charge in [0.05, 0.1) is 25.4 Å². The SMILES string of the molecule is CCCCCCCCCCCCCCCCCCCCCCC/C=C/C(O)C(CO)NC(=O)CCCCCCCCCCCCCCCCCCCCCCCCCCCCCCCCCCCCCOC(=O)CCCCCCCCCCCCCC. The second-order valence-corrected chi connectivity index (χ2v) is 28.1. The number of unbranched alkanes of at least 4 members (excludes halogenated alkanes) is 66. The van der Waals surface area contributed by atoms with Crippen LogP contribution in [0.15, 0.2) is 12.2 Å². The Hall–Kier alpha value is -1.40. The average Bonchev–Trinajstić information content (AvgIpc) is 3.53. The summed E-state index contributed by atoms with van der Waals surface area (Å²) in [5.74, 6) is -0.0327. The van der Waals surface area contributed by atoms with Gasteiger partial charge in [-0.25, -0.2) is 0 Å². The van der Waals surface area contributed by atoms with E-state index in [4.69, 9.17) is 4.74 Å². The number of aliphatic hydroxyl groups excluding tert-OH is 2. The van der Waals surface area contributed by atoms with E-state index in [0.29, 0.717) is 19.4 Å². The van der Waals surface area contributed by atoms with Gasteiger partial charge in [0.15, 0.2) is 0 Å². The Morgan fingerprint density at radius 1 is 0.310 bits per heavy atom. The van der Waals surface area contributed by atoms with Crippen molar-refractivity contribution in [2.75, 3.05) is 13.2 Å². The number of allylic oxidation sites excluding steroid dienone is 1. The van der Waals surface area contributed by atoms with Crippen molar-refractivity contribution in [1.29, 1.82) is 0 Å². The van der Waals surface area contributed by atoms with Crippen LogP contribution in [-0.2, 0) is 14.3 Å². The summed E-state index contributed by atoms with van der Waals surface area (Å²) in [6.07, 6.45) is 97.8. The molecule has 0 saturated heterocycles. The van der Waals surface area contributed by atoms with E-state index in [9.17, 15) is 19.8 Å². The fourth-order valence-corrected chi connectivity index (χ4v) is 13.2. The van der Waals surface area contributed by atoms with Crippen molar-refractivity contribution in [3.05, 3.63) is 12.2 Å². The van der Waals surface area contributed by atoms with Crippen LogP contribution in [0.1, 0.15) is 470 Å². The van der Waals surface area contributed by atoms with E-state index < -0.39 is 12.1 Å². The highest BCUT2D eigenvalue weighted by Gasteiger charge is 2.18. The monoisotopic (exact) mass is 1230 g/mol. The van der Waals surface area contributed by atoms with Gasteiger partial charge in [-0.05, 0) is 32.1 Å². The zero-order chi connectivity index (χ0) is 62.8. The molecule has 0 radical (unpaired) electrons. The zero-order valence-corrected chi connectivity index (χ0v) is 59.5. The molecule has 0 spiro atoms. The summed E-state index contributed by atoms with van der Waals surface area (Å²) >= 11 is 0. The number of hydrogen-bond donors (Lipinski definition) is 3. The predicted octanol–water partition coefficient (Wildman–Crippen LogP) is 26.7. The minimum Gasteiger partial charge on any atom is -0.466 e. The lowest BCUT2D eigenvalue weighted by molar-refractivity contribution is -0.143. The van der Waals surface area contributed by atoms with Gasteiger partial charge in [-0.3, -0.25) is 9.59 Å². The highest BCUT2D eigenvalue weighted by Crippen LogP contribution is 2.20. The van der Waals surface area contributed by atoms with E-state index in [1.165, 1.54) is 405 Å². The summed E-state index contributed by atoms with van der Waals surface area (Å²) in [5, 5.41) is 23.3. The molecule has 0 aliphatic heterocycles. The third-order valence-electron chi connectivity index (χ3n) is 19.3. The molecule has 0 aliphatic rings. The van der Waals surface area contributed by atoms with Crippen molar-refractivity contribution in [3.63, 3.8) is 0 Å². The molecule has 0 heterocycles. The maximum Gasteiger partial charge on any atom is 0.305 e. The molecule has 0 aromatic carbocycles. The van der Waals surface area contributed by atoms with Gasteiger partial charge in [0.25, 0.3) is 0 Å². The Morgan fingerprint density at radius 2 is 0.529 bits per heavy atom. The van der Waals surface area contributed by atoms with Gasteiger partial charge >= 0.3 is 5.97 Å². The van der Waals surface area contributed by atoms with Crippen molar-refractivity contribution in [2.24, 2.45) is 0 Å². The maximum atomic E-state index is 12.6. The van der Waals surface area contributed by atoms with Crippen LogP contribution < -0.4 is 5.32 Å². The molecule has 0 aliphatic carbocycles. The van der Waals surface area contributed by atoms with Gasteiger partial charge in [0.1, 0.15) is 0 Å². The molecular formula is C81H159NO5. The summed E-state index contributed by atoms with van der Waals surface area (Å²) < 4.78 is 5.49. The van der Waals surface area contributed by atoms with Crippen LogP contribution in [0.5, 0.6) is 0 Å². The number of carbonyl (C=O) groups excluding carboxylic acids is 2. The molecule has 1 amide bonds. The second-order valence-electron chi connectivity index (χ2n) is 28.1. The largest absolute Gasteiger partial charge is 0.466 e. The van der Waals surface area contributed by atoms with E-state index >= 15 is 0 Å². The van der Waals surface area contributed by atoms with Crippen molar-refractivity contribution in [3.8, 4) is 0 Å². The van der Waals surface area contributed by atoms with Crippen LogP contribution in [0.4, 0.5) is 0 Å². The first kappa shape index (κ1) is 85.6. The number of aliphatic hydroxyl groups is 2. The average molecular weight is 1230 g/mol. The Bertz CT molecular complexity index is 1320. The molecule has 0 aromatic rings. The summed E-state index contributed by atoms with van der Waals surface area (Å²) in [4.78, 5) is 24.6. The molecule has 0 rings (SSSR count).